The molecule has 0 spiro atoms. The third kappa shape index (κ3) is 5.57. The molecule has 236 valence electrons. The third-order valence-corrected chi connectivity index (χ3v) is 9.71. The molecular weight excluding hydrogens is 607 g/mol. The minimum Gasteiger partial charge on any atom is -0.482 e. The summed E-state index contributed by atoms with van der Waals surface area (Å²) in [4.78, 5) is 18.8. The van der Waals surface area contributed by atoms with Gasteiger partial charge in [0, 0.05) is 17.2 Å². The zero-order valence-corrected chi connectivity index (χ0v) is 25.5. The van der Waals surface area contributed by atoms with Crippen molar-refractivity contribution in [1.82, 2.24) is 14.5 Å². The average Bonchev–Trinajstić information content (AvgIpc) is 3.30. The number of para-hydroxylation sites is 1. The van der Waals surface area contributed by atoms with E-state index in [0.717, 1.165) is 29.3 Å². The molecule has 0 aliphatic carbocycles. The fourth-order valence-corrected chi connectivity index (χ4v) is 7.15. The van der Waals surface area contributed by atoms with Crippen LogP contribution in [0.5, 0.6) is 5.75 Å². The molecule has 3 aliphatic rings. The smallest absolute Gasteiger partial charge is 0.335 e. The predicted molar refractivity (Wildman–Crippen MR) is 163 cm³/mol. The molecule has 4 aromatic rings. The number of nitrogens with zero attached hydrogens (tertiary/aromatic N) is 3. The standard InChI is InChI=1S/C34H33ClF3N3O4/c1-33(25-7-6-22(35)16-27(25)36)19-34(37,38)26-4-2-3-24(31(26)45-33)20-9-12-40(13-10-20)18-30-39-28-8-5-21(32(42)43)15-29(28)41(30)17-23-11-14-44-23/h2-8,15-16,20,23H,9-14,17-19H2,1H3,(H,42,43)/t23-,33?/m0/s1. The molecule has 0 radical (unpaired) electrons. The SMILES string of the molecule is CC1(c2ccc(Cl)cc2F)CC(F)(F)c2cccc(C3CCN(Cc4nc5ccc(C(=O)O)cc5n4C[C@@H]4CCO4)CC3)c2O1. The molecule has 2 saturated heterocycles. The Kier molecular flexibility index (Phi) is 7.57. The first-order chi connectivity index (χ1) is 21.5. The maximum absolute atomic E-state index is 15.7. The Bertz CT molecular complexity index is 1780. The Morgan fingerprint density at radius 1 is 1.09 bits per heavy atom. The number of benzene rings is 3. The number of carboxylic acids is 1. The van der Waals surface area contributed by atoms with Crippen molar-refractivity contribution in [3.8, 4) is 5.75 Å². The fraction of sp³-hybridized carbons (Fsp3) is 0.412. The lowest BCUT2D eigenvalue weighted by Crippen LogP contribution is -2.42. The molecule has 7 nitrogen and oxygen atoms in total. The first kappa shape index (κ1) is 30.1. The Balaban J connectivity index is 1.12. The molecule has 2 fully saturated rings. The lowest BCUT2D eigenvalue weighted by molar-refractivity contribution is -0.105. The number of halogens is 4. The number of ether oxygens (including phenoxy) is 2. The Morgan fingerprint density at radius 2 is 1.87 bits per heavy atom. The number of rotatable bonds is 7. The quantitative estimate of drug-likeness (QED) is 0.226. The van der Waals surface area contributed by atoms with Gasteiger partial charge in [0.25, 0.3) is 5.92 Å². The van der Waals surface area contributed by atoms with Crippen molar-refractivity contribution in [2.45, 2.75) is 69.2 Å². The maximum Gasteiger partial charge on any atom is 0.335 e. The number of likely N-dealkylation sites (tertiary alicyclic amines) is 1. The van der Waals surface area contributed by atoms with Crippen molar-refractivity contribution >= 4 is 28.6 Å². The highest BCUT2D eigenvalue weighted by Crippen LogP contribution is 2.54. The van der Waals surface area contributed by atoms with Crippen LogP contribution in [-0.2, 0) is 29.3 Å². The summed E-state index contributed by atoms with van der Waals surface area (Å²) in [5.41, 5.74) is 0.727. The molecule has 4 heterocycles. The van der Waals surface area contributed by atoms with Crippen LogP contribution in [0, 0.1) is 5.82 Å². The van der Waals surface area contributed by atoms with Crippen LogP contribution in [0.4, 0.5) is 13.2 Å². The predicted octanol–water partition coefficient (Wildman–Crippen LogP) is 7.49. The van der Waals surface area contributed by atoms with E-state index in [1.807, 2.05) is 6.07 Å². The van der Waals surface area contributed by atoms with Crippen LogP contribution in [0.1, 0.15) is 71.4 Å². The summed E-state index contributed by atoms with van der Waals surface area (Å²) in [7, 11) is 0. The van der Waals surface area contributed by atoms with Gasteiger partial charge in [0.05, 0.1) is 47.8 Å². The average molecular weight is 640 g/mol. The number of aromatic nitrogens is 2. The van der Waals surface area contributed by atoms with Gasteiger partial charge in [-0.2, -0.15) is 0 Å². The van der Waals surface area contributed by atoms with Crippen molar-refractivity contribution in [1.29, 1.82) is 0 Å². The molecule has 1 N–H and O–H groups in total. The van der Waals surface area contributed by atoms with Crippen molar-refractivity contribution < 1.29 is 32.5 Å². The van der Waals surface area contributed by atoms with E-state index < -0.39 is 29.7 Å². The molecule has 3 aromatic carbocycles. The highest BCUT2D eigenvalue weighted by atomic mass is 35.5. The number of carbonyl (C=O) groups is 1. The van der Waals surface area contributed by atoms with Gasteiger partial charge in [-0.3, -0.25) is 4.90 Å². The molecule has 0 saturated carbocycles. The van der Waals surface area contributed by atoms with E-state index in [-0.39, 0.29) is 39.5 Å². The third-order valence-electron chi connectivity index (χ3n) is 9.47. The van der Waals surface area contributed by atoms with Crippen LogP contribution < -0.4 is 4.74 Å². The van der Waals surface area contributed by atoms with Gasteiger partial charge in [0.15, 0.2) is 0 Å². The summed E-state index contributed by atoms with van der Waals surface area (Å²) in [5.74, 6) is -3.93. The van der Waals surface area contributed by atoms with Gasteiger partial charge in [0.1, 0.15) is 23.0 Å². The van der Waals surface area contributed by atoms with Crippen LogP contribution in [-0.4, -0.2) is 51.3 Å². The lowest BCUT2D eigenvalue weighted by Gasteiger charge is -2.42. The molecular formula is C34H33ClF3N3O4. The summed E-state index contributed by atoms with van der Waals surface area (Å²) in [6, 6.07) is 13.9. The number of piperidine rings is 1. The minimum atomic E-state index is -3.21. The second-order valence-corrected chi connectivity index (χ2v) is 13.0. The Morgan fingerprint density at radius 3 is 2.56 bits per heavy atom. The summed E-state index contributed by atoms with van der Waals surface area (Å²) < 4.78 is 60.4. The number of aromatic carboxylic acids is 1. The van der Waals surface area contributed by atoms with Crippen molar-refractivity contribution in [2.24, 2.45) is 0 Å². The maximum atomic E-state index is 15.7. The molecule has 2 atom stereocenters. The largest absolute Gasteiger partial charge is 0.482 e. The molecule has 11 heteroatoms. The van der Waals surface area contributed by atoms with Gasteiger partial charge < -0.3 is 19.1 Å². The number of alkyl halides is 2. The number of carboxylic acid groups (broad SMARTS) is 1. The monoisotopic (exact) mass is 639 g/mol. The molecule has 3 aliphatic heterocycles. The van der Waals surface area contributed by atoms with E-state index in [2.05, 4.69) is 9.47 Å². The van der Waals surface area contributed by atoms with E-state index in [1.165, 1.54) is 25.1 Å². The number of fused-ring (bicyclic) bond motifs is 2. The number of hydrogen-bond acceptors (Lipinski definition) is 5. The van der Waals surface area contributed by atoms with Crippen LogP contribution in [0.2, 0.25) is 5.02 Å². The highest BCUT2D eigenvalue weighted by molar-refractivity contribution is 6.30. The van der Waals surface area contributed by atoms with E-state index >= 15 is 8.78 Å². The van der Waals surface area contributed by atoms with Crippen LogP contribution in [0.15, 0.2) is 54.6 Å². The Labute approximate surface area is 263 Å². The normalized spacial score (nSPS) is 23.4. The van der Waals surface area contributed by atoms with Gasteiger partial charge in [-0.05, 0) is 87.2 Å². The summed E-state index contributed by atoms with van der Waals surface area (Å²) >= 11 is 5.94. The van der Waals surface area contributed by atoms with Gasteiger partial charge in [-0.25, -0.2) is 22.9 Å². The minimum absolute atomic E-state index is 0.0234. The van der Waals surface area contributed by atoms with Gasteiger partial charge in [-0.15, -0.1) is 0 Å². The molecule has 0 bridgehead atoms. The van der Waals surface area contributed by atoms with E-state index in [1.54, 1.807) is 24.3 Å². The summed E-state index contributed by atoms with van der Waals surface area (Å²) in [5, 5.41) is 9.73. The van der Waals surface area contributed by atoms with Gasteiger partial charge in [-0.1, -0.05) is 29.8 Å². The van der Waals surface area contributed by atoms with Gasteiger partial charge in [0.2, 0.25) is 0 Å². The van der Waals surface area contributed by atoms with Crippen molar-refractivity contribution in [3.05, 3.63) is 93.5 Å². The van der Waals surface area contributed by atoms with E-state index in [4.69, 9.17) is 26.1 Å². The fourth-order valence-electron chi connectivity index (χ4n) is 6.99. The number of hydrogen-bond donors (Lipinski definition) is 1. The second kappa shape index (κ2) is 11.3. The first-order valence-electron chi connectivity index (χ1n) is 15.2. The molecule has 0 amide bonds. The summed E-state index contributed by atoms with van der Waals surface area (Å²) in [6.07, 6.45) is 1.75. The van der Waals surface area contributed by atoms with E-state index in [0.29, 0.717) is 51.2 Å². The van der Waals surface area contributed by atoms with Crippen LogP contribution >= 0.6 is 11.6 Å². The number of imidazole rings is 1. The topological polar surface area (TPSA) is 76.8 Å². The van der Waals surface area contributed by atoms with Gasteiger partial charge >= 0.3 is 5.97 Å². The first-order valence-corrected chi connectivity index (χ1v) is 15.6. The lowest BCUT2D eigenvalue weighted by atomic mass is 9.80. The zero-order chi connectivity index (χ0) is 31.5. The zero-order valence-electron chi connectivity index (χ0n) is 24.7. The summed E-state index contributed by atoms with van der Waals surface area (Å²) in [6.45, 7) is 4.80. The van der Waals surface area contributed by atoms with Crippen molar-refractivity contribution in [3.63, 3.8) is 0 Å². The van der Waals surface area contributed by atoms with Crippen LogP contribution in [0.25, 0.3) is 11.0 Å². The molecule has 1 unspecified atom stereocenters. The molecule has 1 aromatic heterocycles. The van der Waals surface area contributed by atoms with E-state index in [9.17, 15) is 14.3 Å². The molecule has 7 rings (SSSR count). The second-order valence-electron chi connectivity index (χ2n) is 12.5. The highest BCUT2D eigenvalue weighted by Gasteiger charge is 2.51. The molecule has 45 heavy (non-hydrogen) atoms. The van der Waals surface area contributed by atoms with Crippen LogP contribution in [0.3, 0.4) is 0 Å². The van der Waals surface area contributed by atoms with Crippen molar-refractivity contribution in [2.75, 3.05) is 19.7 Å². The Hall–Kier alpha value is -3.60.